The number of carbonyl (C=O) groups is 1. The van der Waals surface area contributed by atoms with Gasteiger partial charge in [0.2, 0.25) is 0 Å². The molecule has 0 aliphatic heterocycles. The van der Waals surface area contributed by atoms with Crippen LogP contribution in [0.4, 0.5) is 0 Å². The van der Waals surface area contributed by atoms with Crippen LogP contribution in [-0.2, 0) is 6.54 Å². The number of aromatic nitrogens is 5. The van der Waals surface area contributed by atoms with E-state index in [4.69, 9.17) is 0 Å². The van der Waals surface area contributed by atoms with Crippen molar-refractivity contribution in [1.82, 2.24) is 30.5 Å². The summed E-state index contributed by atoms with van der Waals surface area (Å²) < 4.78 is 1.87. The maximum absolute atomic E-state index is 12.6. The molecule has 2 heterocycles. The molecule has 1 atom stereocenters. The van der Waals surface area contributed by atoms with Crippen LogP contribution in [0.15, 0.2) is 60.9 Å². The van der Waals surface area contributed by atoms with E-state index in [1.54, 1.807) is 18.3 Å². The molecule has 2 aromatic carbocycles. The molecule has 7 heteroatoms. The molecular formula is C19H18N6O. The molecule has 4 rings (SSSR count). The van der Waals surface area contributed by atoms with E-state index >= 15 is 0 Å². The van der Waals surface area contributed by atoms with E-state index in [1.807, 2.05) is 42.1 Å². The van der Waals surface area contributed by atoms with Crippen LogP contribution in [0, 0.1) is 0 Å². The van der Waals surface area contributed by atoms with Crippen molar-refractivity contribution < 1.29 is 4.79 Å². The number of rotatable bonds is 5. The highest BCUT2D eigenvalue weighted by molar-refractivity contribution is 6.04. The van der Waals surface area contributed by atoms with E-state index in [0.29, 0.717) is 23.1 Å². The molecule has 26 heavy (non-hydrogen) atoms. The van der Waals surface area contributed by atoms with Crippen molar-refractivity contribution in [2.45, 2.75) is 19.5 Å². The van der Waals surface area contributed by atoms with Gasteiger partial charge in [0.1, 0.15) is 11.0 Å². The van der Waals surface area contributed by atoms with Crippen LogP contribution in [0.2, 0.25) is 0 Å². The van der Waals surface area contributed by atoms with Crippen LogP contribution in [0.25, 0.3) is 11.0 Å². The lowest BCUT2D eigenvalue weighted by atomic mass is 10.1. The van der Waals surface area contributed by atoms with Crippen LogP contribution in [0.1, 0.15) is 34.5 Å². The van der Waals surface area contributed by atoms with Crippen molar-refractivity contribution in [2.75, 3.05) is 0 Å². The predicted octanol–water partition coefficient (Wildman–Crippen LogP) is 2.69. The van der Waals surface area contributed by atoms with Crippen LogP contribution in [0.3, 0.4) is 0 Å². The number of H-pyrrole nitrogens is 1. The van der Waals surface area contributed by atoms with Crippen molar-refractivity contribution in [3.05, 3.63) is 77.6 Å². The van der Waals surface area contributed by atoms with E-state index < -0.39 is 0 Å². The Hall–Kier alpha value is -3.48. The highest BCUT2D eigenvalue weighted by atomic mass is 16.1. The van der Waals surface area contributed by atoms with Gasteiger partial charge in [0.15, 0.2) is 0 Å². The van der Waals surface area contributed by atoms with Crippen molar-refractivity contribution in [1.29, 1.82) is 0 Å². The molecule has 0 aliphatic carbocycles. The molecule has 0 unspecified atom stereocenters. The summed E-state index contributed by atoms with van der Waals surface area (Å²) in [6.07, 6.45) is 3.74. The molecule has 0 fully saturated rings. The third-order valence-corrected chi connectivity index (χ3v) is 4.28. The molecule has 4 aromatic rings. The van der Waals surface area contributed by atoms with Crippen molar-refractivity contribution in [3.8, 4) is 0 Å². The Kier molecular flexibility index (Phi) is 4.18. The fraction of sp³-hybridized carbons (Fsp3) is 0.158. The van der Waals surface area contributed by atoms with E-state index in [0.717, 1.165) is 5.56 Å². The standard InChI is InChI=1S/C19H18N6O/c1-13(15-10-20-25(12-15)11-14-6-3-2-4-7-14)21-19(26)16-8-5-9-17-18(16)23-24-22-17/h2-10,12-13H,11H2,1H3,(H,21,26)(H,22,23,24)/t13-/m1/s1. The van der Waals surface area contributed by atoms with Crippen LogP contribution >= 0.6 is 0 Å². The van der Waals surface area contributed by atoms with Gasteiger partial charge < -0.3 is 5.32 Å². The third-order valence-electron chi connectivity index (χ3n) is 4.28. The molecule has 130 valence electrons. The SMILES string of the molecule is C[C@@H](NC(=O)c1cccc2n[nH]nc12)c1cnn(Cc2ccccc2)c1. The quantitative estimate of drug-likeness (QED) is 0.581. The van der Waals surface area contributed by atoms with E-state index in [2.05, 4.69) is 38.0 Å². The highest BCUT2D eigenvalue weighted by Crippen LogP contribution is 2.17. The van der Waals surface area contributed by atoms with Gasteiger partial charge in [-0.2, -0.15) is 20.5 Å². The molecule has 0 saturated carbocycles. The lowest BCUT2D eigenvalue weighted by Gasteiger charge is -2.12. The van der Waals surface area contributed by atoms with E-state index in [1.165, 1.54) is 5.56 Å². The summed E-state index contributed by atoms with van der Waals surface area (Å²) in [6, 6.07) is 15.3. The summed E-state index contributed by atoms with van der Waals surface area (Å²) in [4.78, 5) is 12.6. The summed E-state index contributed by atoms with van der Waals surface area (Å²) >= 11 is 0. The average Bonchev–Trinajstić information content (AvgIpc) is 3.31. The van der Waals surface area contributed by atoms with Gasteiger partial charge in [0.25, 0.3) is 5.91 Å². The number of nitrogens with one attached hydrogen (secondary N) is 2. The number of para-hydroxylation sites is 1. The smallest absolute Gasteiger partial charge is 0.254 e. The van der Waals surface area contributed by atoms with Crippen molar-refractivity contribution in [3.63, 3.8) is 0 Å². The van der Waals surface area contributed by atoms with Gasteiger partial charge in [0, 0.05) is 11.8 Å². The number of hydrogen-bond donors (Lipinski definition) is 2. The normalized spacial score (nSPS) is 12.2. The highest BCUT2D eigenvalue weighted by Gasteiger charge is 2.16. The first-order valence-corrected chi connectivity index (χ1v) is 8.37. The van der Waals surface area contributed by atoms with Gasteiger partial charge in [0.05, 0.1) is 24.3 Å². The zero-order chi connectivity index (χ0) is 17.9. The first-order chi connectivity index (χ1) is 12.7. The minimum atomic E-state index is -0.187. The van der Waals surface area contributed by atoms with Crippen LogP contribution in [-0.4, -0.2) is 31.1 Å². The Morgan fingerprint density at radius 1 is 1.15 bits per heavy atom. The van der Waals surface area contributed by atoms with E-state index in [9.17, 15) is 4.79 Å². The van der Waals surface area contributed by atoms with Gasteiger partial charge in [-0.3, -0.25) is 9.48 Å². The van der Waals surface area contributed by atoms with Crippen molar-refractivity contribution >= 4 is 16.9 Å². The number of aromatic amines is 1. The Balaban J connectivity index is 1.47. The second-order valence-corrected chi connectivity index (χ2v) is 6.15. The number of carbonyl (C=O) groups excluding carboxylic acids is 1. The summed E-state index contributed by atoms with van der Waals surface area (Å²) in [5.41, 5.74) is 3.86. The van der Waals surface area contributed by atoms with Gasteiger partial charge in [-0.25, -0.2) is 0 Å². The van der Waals surface area contributed by atoms with Crippen molar-refractivity contribution in [2.24, 2.45) is 0 Å². The Labute approximate surface area is 150 Å². The summed E-state index contributed by atoms with van der Waals surface area (Å²) in [5, 5.41) is 18.0. The average molecular weight is 346 g/mol. The number of fused-ring (bicyclic) bond motifs is 1. The second-order valence-electron chi connectivity index (χ2n) is 6.15. The van der Waals surface area contributed by atoms with Crippen LogP contribution in [0.5, 0.6) is 0 Å². The Bertz CT molecular complexity index is 1040. The Morgan fingerprint density at radius 3 is 2.85 bits per heavy atom. The topological polar surface area (TPSA) is 88.5 Å². The monoisotopic (exact) mass is 346 g/mol. The largest absolute Gasteiger partial charge is 0.345 e. The lowest BCUT2D eigenvalue weighted by molar-refractivity contribution is 0.0941. The Morgan fingerprint density at radius 2 is 2.00 bits per heavy atom. The van der Waals surface area contributed by atoms with E-state index in [-0.39, 0.29) is 11.9 Å². The minimum Gasteiger partial charge on any atom is -0.345 e. The first-order valence-electron chi connectivity index (χ1n) is 8.37. The molecule has 0 aliphatic rings. The zero-order valence-electron chi connectivity index (χ0n) is 14.3. The molecule has 0 spiro atoms. The van der Waals surface area contributed by atoms with Gasteiger partial charge in [-0.05, 0) is 24.6 Å². The predicted molar refractivity (Wildman–Crippen MR) is 97.5 cm³/mol. The molecule has 0 saturated heterocycles. The number of benzene rings is 2. The molecule has 2 aromatic heterocycles. The number of nitrogens with zero attached hydrogens (tertiary/aromatic N) is 4. The maximum atomic E-state index is 12.6. The molecule has 7 nitrogen and oxygen atoms in total. The van der Waals surface area contributed by atoms with Gasteiger partial charge in [-0.15, -0.1) is 0 Å². The molecule has 0 radical (unpaired) electrons. The van der Waals surface area contributed by atoms with Gasteiger partial charge >= 0.3 is 0 Å². The number of amides is 1. The lowest BCUT2D eigenvalue weighted by Crippen LogP contribution is -2.26. The fourth-order valence-electron chi connectivity index (χ4n) is 2.87. The molecule has 2 N–H and O–H groups in total. The minimum absolute atomic E-state index is 0.172. The molecule has 1 amide bonds. The molecular weight excluding hydrogens is 328 g/mol. The van der Waals surface area contributed by atoms with Gasteiger partial charge in [-0.1, -0.05) is 36.4 Å². The summed E-state index contributed by atoms with van der Waals surface area (Å²) in [7, 11) is 0. The maximum Gasteiger partial charge on any atom is 0.254 e. The zero-order valence-corrected chi connectivity index (χ0v) is 14.3. The molecule has 0 bridgehead atoms. The first kappa shape index (κ1) is 16.0. The number of hydrogen-bond acceptors (Lipinski definition) is 4. The summed E-state index contributed by atoms with van der Waals surface area (Å²) in [5.74, 6) is -0.187. The fourth-order valence-corrected chi connectivity index (χ4v) is 2.87. The van der Waals surface area contributed by atoms with Crippen LogP contribution < -0.4 is 5.32 Å². The second kappa shape index (κ2) is 6.79. The summed E-state index contributed by atoms with van der Waals surface area (Å²) in [6.45, 7) is 2.63. The third kappa shape index (κ3) is 3.19.